The number of nitrogens with one attached hydrogen (secondary N) is 1. The molecule has 0 saturated heterocycles. The summed E-state index contributed by atoms with van der Waals surface area (Å²) in [5.41, 5.74) is 2.66. The fourth-order valence-electron chi connectivity index (χ4n) is 2.57. The standard InChI is InChI=1S/C17H27NO/c1-14-8-10-16(11-9-14)12-18-15(2)13-19-17-6-4-3-5-7-17/h8-11,15,17-18H,3-7,12-13H2,1-2H3. The highest BCUT2D eigenvalue weighted by molar-refractivity contribution is 5.21. The van der Waals surface area contributed by atoms with E-state index in [1.165, 1.54) is 43.2 Å². The van der Waals surface area contributed by atoms with Crippen molar-refractivity contribution in [1.82, 2.24) is 5.32 Å². The van der Waals surface area contributed by atoms with Crippen LogP contribution in [0.5, 0.6) is 0 Å². The van der Waals surface area contributed by atoms with Crippen molar-refractivity contribution >= 4 is 0 Å². The molecule has 0 radical (unpaired) electrons. The lowest BCUT2D eigenvalue weighted by Gasteiger charge is -2.24. The lowest BCUT2D eigenvalue weighted by Crippen LogP contribution is -2.32. The third kappa shape index (κ3) is 5.33. The first kappa shape index (κ1) is 14.5. The fraction of sp³-hybridized carbons (Fsp3) is 0.647. The van der Waals surface area contributed by atoms with Crippen LogP contribution in [0.4, 0.5) is 0 Å². The van der Waals surface area contributed by atoms with Crippen molar-refractivity contribution in [2.75, 3.05) is 6.61 Å². The third-order valence-corrected chi connectivity index (χ3v) is 3.91. The number of hydrogen-bond donors (Lipinski definition) is 1. The van der Waals surface area contributed by atoms with Crippen LogP contribution in [0.3, 0.4) is 0 Å². The minimum atomic E-state index is 0.420. The van der Waals surface area contributed by atoms with Crippen LogP contribution < -0.4 is 5.32 Å². The van der Waals surface area contributed by atoms with Gasteiger partial charge >= 0.3 is 0 Å². The molecule has 19 heavy (non-hydrogen) atoms. The minimum absolute atomic E-state index is 0.420. The Kier molecular flexibility index (Phi) is 5.87. The first-order chi connectivity index (χ1) is 9.24. The Morgan fingerprint density at radius 2 is 1.84 bits per heavy atom. The topological polar surface area (TPSA) is 21.3 Å². The van der Waals surface area contributed by atoms with Gasteiger partial charge in [0.15, 0.2) is 0 Å². The summed E-state index contributed by atoms with van der Waals surface area (Å²) in [5, 5.41) is 3.53. The van der Waals surface area contributed by atoms with Gasteiger partial charge in [0.1, 0.15) is 0 Å². The molecule has 1 N–H and O–H groups in total. The summed E-state index contributed by atoms with van der Waals surface area (Å²) in [5.74, 6) is 0. The van der Waals surface area contributed by atoms with Crippen molar-refractivity contribution < 1.29 is 4.74 Å². The third-order valence-electron chi connectivity index (χ3n) is 3.91. The Morgan fingerprint density at radius 3 is 2.53 bits per heavy atom. The van der Waals surface area contributed by atoms with Gasteiger partial charge in [-0.3, -0.25) is 0 Å². The molecule has 0 spiro atoms. The van der Waals surface area contributed by atoms with Crippen LogP contribution >= 0.6 is 0 Å². The van der Waals surface area contributed by atoms with E-state index in [0.29, 0.717) is 12.1 Å². The highest BCUT2D eigenvalue weighted by atomic mass is 16.5. The summed E-state index contributed by atoms with van der Waals surface area (Å²) >= 11 is 0. The second-order valence-corrected chi connectivity index (χ2v) is 5.86. The SMILES string of the molecule is Cc1ccc(CNC(C)COC2CCCCC2)cc1. The number of rotatable bonds is 6. The molecule has 2 rings (SSSR count). The van der Waals surface area contributed by atoms with E-state index in [2.05, 4.69) is 43.4 Å². The Bertz CT molecular complexity index is 354. The molecule has 0 amide bonds. The van der Waals surface area contributed by atoms with Gasteiger partial charge in [0.25, 0.3) is 0 Å². The van der Waals surface area contributed by atoms with Gasteiger partial charge in [-0.2, -0.15) is 0 Å². The van der Waals surface area contributed by atoms with E-state index in [1.54, 1.807) is 0 Å². The first-order valence-corrected chi connectivity index (χ1v) is 7.64. The Labute approximate surface area is 117 Å². The molecule has 1 aromatic carbocycles. The summed E-state index contributed by atoms with van der Waals surface area (Å²) in [6.07, 6.45) is 7.10. The zero-order valence-electron chi connectivity index (χ0n) is 12.3. The minimum Gasteiger partial charge on any atom is -0.377 e. The molecule has 0 aromatic heterocycles. The highest BCUT2D eigenvalue weighted by Crippen LogP contribution is 2.20. The summed E-state index contributed by atoms with van der Waals surface area (Å²) in [4.78, 5) is 0. The molecule has 2 heteroatoms. The average Bonchev–Trinajstić information content (AvgIpc) is 2.45. The molecule has 1 fully saturated rings. The van der Waals surface area contributed by atoms with Crippen molar-refractivity contribution in [2.45, 2.75) is 64.6 Å². The molecule has 106 valence electrons. The van der Waals surface area contributed by atoms with E-state index < -0.39 is 0 Å². The maximum Gasteiger partial charge on any atom is 0.0620 e. The summed E-state index contributed by atoms with van der Waals surface area (Å²) in [6.45, 7) is 6.08. The zero-order chi connectivity index (χ0) is 13.5. The van der Waals surface area contributed by atoms with E-state index in [-0.39, 0.29) is 0 Å². The number of benzene rings is 1. The maximum atomic E-state index is 5.99. The molecule has 1 unspecified atom stereocenters. The molecule has 0 heterocycles. The van der Waals surface area contributed by atoms with E-state index in [1.807, 2.05) is 0 Å². The predicted octanol–water partition coefficient (Wildman–Crippen LogP) is 3.82. The second-order valence-electron chi connectivity index (χ2n) is 5.86. The van der Waals surface area contributed by atoms with Gasteiger partial charge in [-0.05, 0) is 32.3 Å². The molecular weight excluding hydrogens is 234 g/mol. The highest BCUT2D eigenvalue weighted by Gasteiger charge is 2.14. The van der Waals surface area contributed by atoms with Crippen LogP contribution in [0.15, 0.2) is 24.3 Å². The molecule has 1 atom stereocenters. The van der Waals surface area contributed by atoms with E-state index in [9.17, 15) is 0 Å². The molecule has 1 aliphatic rings. The molecule has 0 aliphatic heterocycles. The molecular formula is C17H27NO. The van der Waals surface area contributed by atoms with Crippen LogP contribution in [0, 0.1) is 6.92 Å². The van der Waals surface area contributed by atoms with E-state index in [4.69, 9.17) is 4.74 Å². The zero-order valence-corrected chi connectivity index (χ0v) is 12.3. The van der Waals surface area contributed by atoms with Gasteiger partial charge < -0.3 is 10.1 Å². The number of aryl methyl sites for hydroxylation is 1. The number of ether oxygens (including phenoxy) is 1. The van der Waals surface area contributed by atoms with Gasteiger partial charge in [0.05, 0.1) is 12.7 Å². The summed E-state index contributed by atoms with van der Waals surface area (Å²) in [6, 6.07) is 9.14. The lowest BCUT2D eigenvalue weighted by molar-refractivity contribution is 0.0180. The lowest BCUT2D eigenvalue weighted by atomic mass is 9.98. The van der Waals surface area contributed by atoms with Crippen molar-refractivity contribution in [3.05, 3.63) is 35.4 Å². The second kappa shape index (κ2) is 7.66. The van der Waals surface area contributed by atoms with E-state index in [0.717, 1.165) is 13.2 Å². The molecule has 0 bridgehead atoms. The largest absolute Gasteiger partial charge is 0.377 e. The van der Waals surface area contributed by atoms with Crippen LogP contribution in [-0.4, -0.2) is 18.8 Å². The van der Waals surface area contributed by atoms with Gasteiger partial charge in [-0.1, -0.05) is 49.1 Å². The predicted molar refractivity (Wildman–Crippen MR) is 80.3 cm³/mol. The van der Waals surface area contributed by atoms with Crippen LogP contribution in [-0.2, 0) is 11.3 Å². The van der Waals surface area contributed by atoms with Gasteiger partial charge in [-0.25, -0.2) is 0 Å². The van der Waals surface area contributed by atoms with Crippen molar-refractivity contribution in [1.29, 1.82) is 0 Å². The monoisotopic (exact) mass is 261 g/mol. The van der Waals surface area contributed by atoms with E-state index >= 15 is 0 Å². The first-order valence-electron chi connectivity index (χ1n) is 7.64. The number of hydrogen-bond acceptors (Lipinski definition) is 2. The Hall–Kier alpha value is -0.860. The molecule has 1 aliphatic carbocycles. The van der Waals surface area contributed by atoms with Crippen molar-refractivity contribution in [3.63, 3.8) is 0 Å². The van der Waals surface area contributed by atoms with Crippen molar-refractivity contribution in [3.8, 4) is 0 Å². The quantitative estimate of drug-likeness (QED) is 0.840. The smallest absolute Gasteiger partial charge is 0.0620 e. The maximum absolute atomic E-state index is 5.99. The summed E-state index contributed by atoms with van der Waals surface area (Å²) < 4.78 is 5.99. The molecule has 1 saturated carbocycles. The van der Waals surface area contributed by atoms with Crippen LogP contribution in [0.2, 0.25) is 0 Å². The normalized spacial score (nSPS) is 18.4. The van der Waals surface area contributed by atoms with Crippen molar-refractivity contribution in [2.24, 2.45) is 0 Å². The average molecular weight is 261 g/mol. The van der Waals surface area contributed by atoms with Crippen LogP contribution in [0.25, 0.3) is 0 Å². The Balaban J connectivity index is 1.63. The summed E-state index contributed by atoms with van der Waals surface area (Å²) in [7, 11) is 0. The van der Waals surface area contributed by atoms with Gasteiger partial charge in [-0.15, -0.1) is 0 Å². The van der Waals surface area contributed by atoms with Crippen LogP contribution in [0.1, 0.15) is 50.2 Å². The Morgan fingerprint density at radius 1 is 1.16 bits per heavy atom. The van der Waals surface area contributed by atoms with Gasteiger partial charge in [0, 0.05) is 12.6 Å². The van der Waals surface area contributed by atoms with Gasteiger partial charge in [0.2, 0.25) is 0 Å². The molecule has 1 aromatic rings. The fourth-order valence-corrected chi connectivity index (χ4v) is 2.57. The molecule has 2 nitrogen and oxygen atoms in total.